The molecule has 0 aromatic rings. The van der Waals surface area contributed by atoms with E-state index in [0.717, 1.165) is 57.8 Å². The van der Waals surface area contributed by atoms with Gasteiger partial charge < -0.3 is 103 Å². The molecule has 30 heteroatoms. The van der Waals surface area contributed by atoms with E-state index in [2.05, 4.69) is 72.3 Å². The van der Waals surface area contributed by atoms with Crippen LogP contribution in [0.4, 0.5) is 0 Å². The predicted molar refractivity (Wildman–Crippen MR) is 323 cm³/mol. The number of aliphatic hydroxyl groups excluding tert-OH is 2. The van der Waals surface area contributed by atoms with E-state index in [1.54, 1.807) is 6.92 Å². The molecule has 11 amide bonds. The van der Waals surface area contributed by atoms with E-state index in [-0.39, 0.29) is 77.7 Å². The quantitative estimate of drug-likeness (QED) is 0.0265. The van der Waals surface area contributed by atoms with E-state index in [9.17, 15) is 63.0 Å². The Morgan fingerprint density at radius 1 is 0.477 bits per heavy atom. The monoisotopic (exact) mass is 1230 g/mol. The first-order valence-corrected chi connectivity index (χ1v) is 30.9. The van der Waals surface area contributed by atoms with Gasteiger partial charge in [-0.1, -0.05) is 97.8 Å². The second kappa shape index (κ2) is 44.3. The summed E-state index contributed by atoms with van der Waals surface area (Å²) in [5.41, 5.74) is 35.5. The standard InChI is InChI=1S/C56H107N17O13/c1-6-9-11-13-15-17-19-35(62)46(76)65-41(24-30-60)53(83)73-45(34(5)75)56(86)71-40(23-29-59)51(81)70-43-26-32-63-55(85)44(33(4)74)72-54(84)42(25-31-61)69-50(80)38(21-27-57)67-47(77)36(8-3)64-48(78)37(20-18-16-14-12-10-7-2)66-49(79)39(22-28-58)68-52(43)82/h33-45,74-75H,6-32,57-62H2,1-5H3,(H,63,85)(H,64,78)(H,65,76)(H,66,79)(H,67,77)(H,68,82)(H,69,80)(H,70,81)(H,71,86)(H,72,84)(H,73,83)/t33-,34-,35+,36+,37-,38+,39+,40+,41+,42+,43+,44+,45+/m1/s1. The van der Waals surface area contributed by atoms with Crippen LogP contribution in [0.15, 0.2) is 0 Å². The molecule has 25 N–H and O–H groups in total. The minimum Gasteiger partial charge on any atom is -0.391 e. The Morgan fingerprint density at radius 3 is 1.36 bits per heavy atom. The van der Waals surface area contributed by atoms with Crippen LogP contribution in [-0.4, -0.2) is 193 Å². The van der Waals surface area contributed by atoms with Crippen LogP contribution in [0.2, 0.25) is 0 Å². The summed E-state index contributed by atoms with van der Waals surface area (Å²) in [7, 11) is 0. The van der Waals surface area contributed by atoms with Crippen molar-refractivity contribution >= 4 is 65.0 Å². The zero-order valence-corrected chi connectivity index (χ0v) is 51.4. The number of nitrogens with two attached hydrogens (primary N) is 6. The van der Waals surface area contributed by atoms with Gasteiger partial charge in [-0.2, -0.15) is 0 Å². The van der Waals surface area contributed by atoms with Gasteiger partial charge in [0.05, 0.1) is 18.2 Å². The highest BCUT2D eigenvalue weighted by Crippen LogP contribution is 2.13. The molecule has 1 saturated heterocycles. The Morgan fingerprint density at radius 2 is 0.895 bits per heavy atom. The molecular weight excluding hydrogens is 1120 g/mol. The fourth-order valence-corrected chi connectivity index (χ4v) is 9.41. The molecule has 1 aliphatic rings. The van der Waals surface area contributed by atoms with Crippen LogP contribution in [0.25, 0.3) is 0 Å². The molecule has 0 aliphatic carbocycles. The molecule has 0 radical (unpaired) electrons. The first-order valence-electron chi connectivity index (χ1n) is 30.9. The minimum absolute atomic E-state index is 0.0195. The largest absolute Gasteiger partial charge is 0.391 e. The lowest BCUT2D eigenvalue weighted by Crippen LogP contribution is -2.62. The van der Waals surface area contributed by atoms with Crippen molar-refractivity contribution in [1.82, 2.24) is 58.5 Å². The lowest BCUT2D eigenvalue weighted by molar-refractivity contribution is -0.137. The second-order valence-electron chi connectivity index (χ2n) is 22.0. The summed E-state index contributed by atoms with van der Waals surface area (Å²) in [6.07, 6.45) is 6.79. The molecule has 13 atom stereocenters. The zero-order valence-electron chi connectivity index (χ0n) is 51.4. The lowest BCUT2D eigenvalue weighted by atomic mass is 10.0. The fourth-order valence-electron chi connectivity index (χ4n) is 9.41. The number of carbonyl (C=O) groups is 11. The third-order valence-corrected chi connectivity index (χ3v) is 14.7. The van der Waals surface area contributed by atoms with Crippen LogP contribution in [0, 0.1) is 0 Å². The number of hydrogen-bond acceptors (Lipinski definition) is 19. The third-order valence-electron chi connectivity index (χ3n) is 14.7. The van der Waals surface area contributed by atoms with Crippen LogP contribution in [0.5, 0.6) is 0 Å². The Balaban J connectivity index is 3.79. The van der Waals surface area contributed by atoms with Crippen molar-refractivity contribution in [3.63, 3.8) is 0 Å². The first-order chi connectivity index (χ1) is 41.0. The van der Waals surface area contributed by atoms with Crippen LogP contribution >= 0.6 is 0 Å². The van der Waals surface area contributed by atoms with Gasteiger partial charge in [0.25, 0.3) is 0 Å². The van der Waals surface area contributed by atoms with Crippen molar-refractivity contribution in [1.29, 1.82) is 0 Å². The van der Waals surface area contributed by atoms with Crippen LogP contribution < -0.4 is 92.9 Å². The van der Waals surface area contributed by atoms with Crippen molar-refractivity contribution in [2.24, 2.45) is 34.4 Å². The molecule has 1 rings (SSSR count). The van der Waals surface area contributed by atoms with Crippen molar-refractivity contribution in [2.45, 2.75) is 248 Å². The summed E-state index contributed by atoms with van der Waals surface area (Å²) in [4.78, 5) is 153. The van der Waals surface area contributed by atoms with E-state index in [0.29, 0.717) is 25.7 Å². The molecule has 0 aromatic carbocycles. The molecule has 0 bridgehead atoms. The Kier molecular flexibility index (Phi) is 40.1. The molecule has 0 saturated carbocycles. The van der Waals surface area contributed by atoms with Crippen molar-refractivity contribution in [2.75, 3.05) is 39.3 Å². The summed E-state index contributed by atoms with van der Waals surface area (Å²) >= 11 is 0. The molecule has 0 aromatic heterocycles. The van der Waals surface area contributed by atoms with Crippen molar-refractivity contribution in [3.05, 3.63) is 0 Å². The highest BCUT2D eigenvalue weighted by atomic mass is 16.3. The molecule has 494 valence electrons. The van der Waals surface area contributed by atoms with Crippen molar-refractivity contribution in [3.8, 4) is 0 Å². The van der Waals surface area contributed by atoms with Gasteiger partial charge in [0.1, 0.15) is 60.4 Å². The molecule has 1 heterocycles. The summed E-state index contributed by atoms with van der Waals surface area (Å²) < 4.78 is 0. The normalized spacial score (nSPS) is 22.8. The molecule has 1 fully saturated rings. The van der Waals surface area contributed by atoms with Gasteiger partial charge >= 0.3 is 0 Å². The summed E-state index contributed by atoms with van der Waals surface area (Å²) in [5.74, 6) is -9.83. The lowest BCUT2D eigenvalue weighted by Gasteiger charge is -2.29. The number of rotatable bonds is 35. The number of amides is 11. The highest BCUT2D eigenvalue weighted by molar-refractivity contribution is 5.99. The Labute approximate surface area is 506 Å². The number of hydrogen-bond donors (Lipinski definition) is 19. The molecule has 86 heavy (non-hydrogen) atoms. The van der Waals surface area contributed by atoms with Gasteiger partial charge in [-0.25, -0.2) is 0 Å². The minimum atomic E-state index is -1.73. The summed E-state index contributed by atoms with van der Waals surface area (Å²) in [6, 6.07) is -15.5. The van der Waals surface area contributed by atoms with E-state index < -0.39 is 157 Å². The van der Waals surface area contributed by atoms with Gasteiger partial charge in [-0.15, -0.1) is 0 Å². The van der Waals surface area contributed by atoms with E-state index in [1.165, 1.54) is 13.8 Å². The number of unbranched alkanes of at least 4 members (excludes halogenated alkanes) is 10. The summed E-state index contributed by atoms with van der Waals surface area (Å²) in [6.45, 7) is 7.01. The van der Waals surface area contributed by atoms with Gasteiger partial charge in [0.15, 0.2) is 0 Å². The second-order valence-corrected chi connectivity index (χ2v) is 22.0. The third kappa shape index (κ3) is 29.5. The average molecular weight is 1230 g/mol. The van der Waals surface area contributed by atoms with Gasteiger partial charge in [-0.05, 0) is 104 Å². The first kappa shape index (κ1) is 77.9. The topological polar surface area (TPSA) is 517 Å². The highest BCUT2D eigenvalue weighted by Gasteiger charge is 2.37. The maximum Gasteiger partial charge on any atom is 0.245 e. The molecule has 0 spiro atoms. The van der Waals surface area contributed by atoms with E-state index in [4.69, 9.17) is 34.4 Å². The molecule has 1 aliphatic heterocycles. The van der Waals surface area contributed by atoms with Crippen molar-refractivity contribution < 1.29 is 63.0 Å². The molecule has 0 unspecified atom stereocenters. The van der Waals surface area contributed by atoms with Crippen LogP contribution in [0.1, 0.15) is 169 Å². The fraction of sp³-hybridized carbons (Fsp3) is 0.804. The predicted octanol–water partition coefficient (Wildman–Crippen LogP) is -4.90. The molecule has 30 nitrogen and oxygen atoms in total. The van der Waals surface area contributed by atoms with E-state index >= 15 is 0 Å². The van der Waals surface area contributed by atoms with Gasteiger partial charge in [0, 0.05) is 6.54 Å². The average Bonchev–Trinajstić information content (AvgIpc) is 2.94. The number of nitrogens with one attached hydrogen (secondary N) is 11. The SMILES string of the molecule is CCCCCCCC[C@H](N)C(=O)N[C@@H](CCN)C(=O)N[C@H](C(=O)N[C@@H](CCN)C(=O)N[C@H]1CCNC(=O)[C@H]([C@@H](C)O)NC(=O)[C@H](CCN)NC(=O)[C@H](CCN)NC(=O)[C@H](CC)NC(=O)[C@@H](CCCCCCCC)NC(=O)[C@H](CCN)NC1=O)[C@@H](C)O. The van der Waals surface area contributed by atoms with Crippen LogP contribution in [0.3, 0.4) is 0 Å². The maximum absolute atomic E-state index is 14.5. The summed E-state index contributed by atoms with van der Waals surface area (Å²) in [5, 5.41) is 49.5. The van der Waals surface area contributed by atoms with Crippen LogP contribution in [-0.2, 0) is 52.7 Å². The Bertz CT molecular complexity index is 2110. The number of aliphatic hydroxyl groups is 2. The zero-order chi connectivity index (χ0) is 64.7. The van der Waals surface area contributed by atoms with E-state index in [1.807, 2.05) is 0 Å². The van der Waals surface area contributed by atoms with Gasteiger partial charge in [-0.3, -0.25) is 52.7 Å². The molecular formula is C56H107N17O13. The smallest absolute Gasteiger partial charge is 0.245 e. The Hall–Kier alpha value is -6.15. The van der Waals surface area contributed by atoms with Gasteiger partial charge in [0.2, 0.25) is 65.0 Å². The maximum atomic E-state index is 14.5. The number of carbonyl (C=O) groups excluding carboxylic acids is 11.